The topological polar surface area (TPSA) is 77.9 Å². The van der Waals surface area contributed by atoms with Crippen LogP contribution in [0.2, 0.25) is 8.67 Å². The van der Waals surface area contributed by atoms with E-state index in [4.69, 9.17) is 28.3 Å². The molecule has 0 unspecified atom stereocenters. The van der Waals surface area contributed by atoms with Crippen molar-refractivity contribution in [3.8, 4) is 0 Å². The van der Waals surface area contributed by atoms with E-state index < -0.39 is 16.0 Å². The molecule has 0 aromatic carbocycles. The van der Waals surface area contributed by atoms with Gasteiger partial charge in [-0.3, -0.25) is 9.69 Å². The first kappa shape index (κ1) is 18.0. The van der Waals surface area contributed by atoms with Crippen LogP contribution in [-0.2, 0) is 14.8 Å². The van der Waals surface area contributed by atoms with Crippen molar-refractivity contribution in [2.24, 2.45) is 0 Å². The summed E-state index contributed by atoms with van der Waals surface area (Å²) in [6.45, 7) is 0.616. The molecule has 6 nitrogen and oxygen atoms in total. The zero-order valence-corrected chi connectivity index (χ0v) is 15.0. The molecule has 1 N–H and O–H groups in total. The number of carbonyl (C=O) groups is 1. The Hall–Kier alpha value is -0.380. The fourth-order valence-corrected chi connectivity index (χ4v) is 6.09. The second-order valence-electron chi connectivity index (χ2n) is 5.13. The number of aliphatic carboxylic acids is 1. The zero-order valence-electron chi connectivity index (χ0n) is 11.8. The molecule has 0 radical (unpaired) electrons. The highest BCUT2D eigenvalue weighted by molar-refractivity contribution is 7.89. The summed E-state index contributed by atoms with van der Waals surface area (Å²) >= 11 is 12.8. The molecule has 1 aromatic rings. The lowest BCUT2D eigenvalue weighted by Crippen LogP contribution is -2.46. The summed E-state index contributed by atoms with van der Waals surface area (Å²) in [6.07, 6.45) is 1.16. The van der Waals surface area contributed by atoms with Gasteiger partial charge in [0, 0.05) is 19.1 Å². The standard InChI is InChI=1S/C12H16Cl2N2O4S2/c1-15(7-11(17)18)8-2-4-16(5-3-8)22(19,20)9-6-10(13)21-12(9)14/h6,8H,2-5,7H2,1H3,(H,17,18). The lowest BCUT2D eigenvalue weighted by Gasteiger charge is -2.35. The molecule has 1 aromatic heterocycles. The highest BCUT2D eigenvalue weighted by atomic mass is 35.5. The fourth-order valence-electron chi connectivity index (χ4n) is 2.51. The summed E-state index contributed by atoms with van der Waals surface area (Å²) in [7, 11) is -1.92. The van der Waals surface area contributed by atoms with E-state index in [0.29, 0.717) is 30.3 Å². The average Bonchev–Trinajstić information content (AvgIpc) is 2.78. The maximum Gasteiger partial charge on any atom is 0.317 e. The second-order valence-corrected chi connectivity index (χ2v) is 9.32. The minimum atomic E-state index is -3.65. The Balaban J connectivity index is 2.05. The van der Waals surface area contributed by atoms with Crippen LogP contribution in [0.25, 0.3) is 0 Å². The van der Waals surface area contributed by atoms with Crippen molar-refractivity contribution in [2.45, 2.75) is 23.8 Å². The van der Waals surface area contributed by atoms with E-state index in [1.54, 1.807) is 11.9 Å². The number of piperidine rings is 1. The third-order valence-electron chi connectivity index (χ3n) is 3.67. The molecule has 2 heterocycles. The summed E-state index contributed by atoms with van der Waals surface area (Å²) in [5.41, 5.74) is 0. The zero-order chi connectivity index (χ0) is 16.5. The van der Waals surface area contributed by atoms with Gasteiger partial charge in [-0.05, 0) is 26.0 Å². The largest absolute Gasteiger partial charge is 0.480 e. The number of carboxylic acids is 1. The summed E-state index contributed by atoms with van der Waals surface area (Å²) in [6, 6.07) is 1.43. The first-order valence-electron chi connectivity index (χ1n) is 6.59. The molecule has 1 aliphatic rings. The molecule has 1 fully saturated rings. The van der Waals surface area contributed by atoms with Crippen LogP contribution in [0, 0.1) is 0 Å². The molecule has 0 aliphatic carbocycles. The molecular formula is C12H16Cl2N2O4S2. The van der Waals surface area contributed by atoms with Crippen molar-refractivity contribution in [1.82, 2.24) is 9.21 Å². The van der Waals surface area contributed by atoms with Crippen LogP contribution in [-0.4, -0.2) is 61.4 Å². The van der Waals surface area contributed by atoms with Crippen LogP contribution in [0.15, 0.2) is 11.0 Å². The number of sulfonamides is 1. The Morgan fingerprint density at radius 2 is 2.05 bits per heavy atom. The van der Waals surface area contributed by atoms with Crippen LogP contribution < -0.4 is 0 Å². The minimum Gasteiger partial charge on any atom is -0.480 e. The van der Waals surface area contributed by atoms with Crippen molar-refractivity contribution < 1.29 is 18.3 Å². The van der Waals surface area contributed by atoms with E-state index in [1.807, 2.05) is 0 Å². The number of halogens is 2. The molecule has 124 valence electrons. The van der Waals surface area contributed by atoms with Gasteiger partial charge >= 0.3 is 5.97 Å². The van der Waals surface area contributed by atoms with Gasteiger partial charge in [0.1, 0.15) is 9.23 Å². The van der Waals surface area contributed by atoms with E-state index in [9.17, 15) is 13.2 Å². The van der Waals surface area contributed by atoms with Gasteiger partial charge < -0.3 is 5.11 Å². The Bertz CT molecular complexity index is 654. The molecule has 0 saturated carbocycles. The SMILES string of the molecule is CN(CC(=O)O)C1CCN(S(=O)(=O)c2cc(Cl)sc2Cl)CC1. The van der Waals surface area contributed by atoms with Gasteiger partial charge in [-0.25, -0.2) is 8.42 Å². The van der Waals surface area contributed by atoms with Crippen molar-refractivity contribution in [3.63, 3.8) is 0 Å². The first-order chi connectivity index (χ1) is 10.2. The predicted octanol–water partition coefficient (Wildman–Crippen LogP) is 2.22. The summed E-state index contributed by atoms with van der Waals surface area (Å²) < 4.78 is 27.0. The van der Waals surface area contributed by atoms with E-state index >= 15 is 0 Å². The molecule has 0 spiro atoms. The maximum absolute atomic E-state index is 12.6. The summed E-state index contributed by atoms with van der Waals surface area (Å²) in [5.74, 6) is -0.891. The van der Waals surface area contributed by atoms with Crippen LogP contribution >= 0.6 is 34.5 Å². The van der Waals surface area contributed by atoms with Crippen LogP contribution in [0.1, 0.15) is 12.8 Å². The Morgan fingerprint density at radius 3 is 2.50 bits per heavy atom. The lowest BCUT2D eigenvalue weighted by molar-refractivity contribution is -0.138. The summed E-state index contributed by atoms with van der Waals surface area (Å²) in [4.78, 5) is 12.5. The molecule has 2 rings (SSSR count). The second kappa shape index (κ2) is 7.02. The van der Waals surface area contributed by atoms with Gasteiger partial charge in [-0.2, -0.15) is 4.31 Å². The molecule has 10 heteroatoms. The van der Waals surface area contributed by atoms with Gasteiger partial charge in [-0.15, -0.1) is 11.3 Å². The van der Waals surface area contributed by atoms with Gasteiger partial charge in [0.15, 0.2) is 0 Å². The van der Waals surface area contributed by atoms with Crippen LogP contribution in [0.4, 0.5) is 0 Å². The van der Waals surface area contributed by atoms with Crippen LogP contribution in [0.3, 0.4) is 0 Å². The van der Waals surface area contributed by atoms with E-state index in [1.165, 1.54) is 10.4 Å². The number of thiophene rings is 1. The van der Waals surface area contributed by atoms with Crippen molar-refractivity contribution in [3.05, 3.63) is 14.7 Å². The van der Waals surface area contributed by atoms with Crippen molar-refractivity contribution in [1.29, 1.82) is 0 Å². The smallest absolute Gasteiger partial charge is 0.317 e. The highest BCUT2D eigenvalue weighted by Crippen LogP contribution is 2.36. The maximum atomic E-state index is 12.6. The minimum absolute atomic E-state index is 0.0431. The number of hydrogen-bond donors (Lipinski definition) is 1. The molecule has 1 saturated heterocycles. The van der Waals surface area contributed by atoms with Gasteiger partial charge in [0.25, 0.3) is 0 Å². The Kier molecular flexibility index (Phi) is 5.73. The molecule has 0 amide bonds. The number of hydrogen-bond acceptors (Lipinski definition) is 5. The quantitative estimate of drug-likeness (QED) is 0.839. The predicted molar refractivity (Wildman–Crippen MR) is 86.4 cm³/mol. The van der Waals surface area contributed by atoms with Crippen molar-refractivity contribution in [2.75, 3.05) is 26.7 Å². The molecule has 1 aliphatic heterocycles. The van der Waals surface area contributed by atoms with Gasteiger partial charge in [-0.1, -0.05) is 23.2 Å². The lowest BCUT2D eigenvalue weighted by atomic mass is 10.1. The molecule has 22 heavy (non-hydrogen) atoms. The number of nitrogens with zero attached hydrogens (tertiary/aromatic N) is 2. The molecular weight excluding hydrogens is 371 g/mol. The monoisotopic (exact) mass is 386 g/mol. The average molecular weight is 387 g/mol. The first-order valence-corrected chi connectivity index (χ1v) is 9.60. The number of rotatable bonds is 5. The van der Waals surface area contributed by atoms with Gasteiger partial charge in [0.05, 0.1) is 10.9 Å². The fraction of sp³-hybridized carbons (Fsp3) is 0.583. The van der Waals surface area contributed by atoms with E-state index in [0.717, 1.165) is 11.3 Å². The Labute approximate surface area is 143 Å². The van der Waals surface area contributed by atoms with E-state index in [-0.39, 0.29) is 21.8 Å². The normalized spacial score (nSPS) is 18.0. The Morgan fingerprint density at radius 1 is 1.45 bits per heavy atom. The van der Waals surface area contributed by atoms with Crippen LogP contribution in [0.5, 0.6) is 0 Å². The van der Waals surface area contributed by atoms with Gasteiger partial charge in [0.2, 0.25) is 10.0 Å². The third kappa shape index (κ3) is 3.93. The molecule has 0 atom stereocenters. The molecule has 0 bridgehead atoms. The van der Waals surface area contributed by atoms with Crippen molar-refractivity contribution >= 4 is 50.5 Å². The summed E-state index contributed by atoms with van der Waals surface area (Å²) in [5, 5.41) is 8.80. The van der Waals surface area contributed by atoms with E-state index in [2.05, 4.69) is 0 Å². The number of likely N-dealkylation sites (N-methyl/N-ethyl adjacent to an activating group) is 1. The third-order valence-corrected chi connectivity index (χ3v) is 7.33. The highest BCUT2D eigenvalue weighted by Gasteiger charge is 2.33. The number of carboxylic acid groups (broad SMARTS) is 1.